The smallest absolute Gasteiger partial charge is 0.388 e. The summed E-state index contributed by atoms with van der Waals surface area (Å²) in [4.78, 5) is 31.2. The van der Waals surface area contributed by atoms with Crippen LogP contribution in [0.3, 0.4) is 0 Å². The van der Waals surface area contributed by atoms with Crippen LogP contribution in [0, 0.1) is 0 Å². The average Bonchev–Trinajstić information content (AvgIpc) is 3.07. The van der Waals surface area contributed by atoms with E-state index in [-0.39, 0.29) is 23.5 Å². The van der Waals surface area contributed by atoms with Crippen molar-refractivity contribution in [3.63, 3.8) is 0 Å². The molecule has 7 rings (SSSR count). The molecule has 8 nitrogen and oxygen atoms in total. The van der Waals surface area contributed by atoms with E-state index in [1.807, 2.05) is 17.2 Å². The van der Waals surface area contributed by atoms with Gasteiger partial charge in [-0.25, -0.2) is 15.0 Å². The Kier molecular flexibility index (Phi) is 7.18. The largest absolute Gasteiger partial charge is 0.417 e. The van der Waals surface area contributed by atoms with Gasteiger partial charge in [0.2, 0.25) is 11.7 Å². The van der Waals surface area contributed by atoms with E-state index in [4.69, 9.17) is 4.98 Å². The fourth-order valence-electron chi connectivity index (χ4n) is 5.97. The third-order valence-electron chi connectivity index (χ3n) is 8.06. The summed E-state index contributed by atoms with van der Waals surface area (Å²) in [6.07, 6.45) is 6.44. The third-order valence-corrected chi connectivity index (χ3v) is 8.06. The second-order valence-electron chi connectivity index (χ2n) is 10.8. The summed E-state index contributed by atoms with van der Waals surface area (Å²) in [5.41, 5.74) is 4.45. The number of hydrogen-bond donors (Lipinski definition) is 0. The van der Waals surface area contributed by atoms with Crippen LogP contribution in [0.25, 0.3) is 17.0 Å². The van der Waals surface area contributed by atoms with Gasteiger partial charge in [0.1, 0.15) is 5.69 Å². The molecule has 40 heavy (non-hydrogen) atoms. The maximum absolute atomic E-state index is 13.5. The highest BCUT2D eigenvalue weighted by Crippen LogP contribution is 2.33. The number of nitrogens with zero attached hydrogens (tertiary/aromatic N) is 6. The maximum Gasteiger partial charge on any atom is 0.388 e. The zero-order valence-electron chi connectivity index (χ0n) is 22.6. The van der Waals surface area contributed by atoms with Gasteiger partial charge in [-0.15, -0.1) is 0 Å². The summed E-state index contributed by atoms with van der Waals surface area (Å²) in [6.45, 7) is 3.34. The van der Waals surface area contributed by atoms with Gasteiger partial charge in [-0.3, -0.25) is 14.1 Å². The van der Waals surface area contributed by atoms with Crippen LogP contribution in [0.1, 0.15) is 60.8 Å². The van der Waals surface area contributed by atoms with Crippen molar-refractivity contribution in [3.8, 4) is 17.1 Å². The van der Waals surface area contributed by atoms with Gasteiger partial charge in [0.05, 0.1) is 11.4 Å². The number of alkyl halides is 2. The van der Waals surface area contributed by atoms with Crippen LogP contribution >= 0.6 is 0 Å². The minimum absolute atomic E-state index is 0.00110. The third kappa shape index (κ3) is 5.15. The predicted molar refractivity (Wildman–Crippen MR) is 146 cm³/mol. The summed E-state index contributed by atoms with van der Waals surface area (Å²) in [7, 11) is 0. The molecular weight excluding hydrogens is 514 g/mol. The van der Waals surface area contributed by atoms with Crippen LogP contribution < -0.4 is 4.74 Å². The van der Waals surface area contributed by atoms with Crippen LogP contribution in [0.15, 0.2) is 60.9 Å². The number of aromatic nitrogens is 4. The van der Waals surface area contributed by atoms with Gasteiger partial charge >= 0.3 is 6.61 Å². The van der Waals surface area contributed by atoms with Crippen LogP contribution in [0.4, 0.5) is 8.78 Å². The number of fused-ring (bicyclic) bond motifs is 5. The molecule has 3 aliphatic rings. The zero-order chi connectivity index (χ0) is 27.8. The minimum Gasteiger partial charge on any atom is -0.417 e. The Morgan fingerprint density at radius 2 is 1.82 bits per heavy atom. The van der Waals surface area contributed by atoms with E-state index in [1.165, 1.54) is 17.7 Å². The minimum atomic E-state index is -2.99. The summed E-state index contributed by atoms with van der Waals surface area (Å²) in [5.74, 6) is 0.604. The van der Waals surface area contributed by atoms with E-state index in [2.05, 4.69) is 62.1 Å². The fraction of sp³-hybridized carbons (Fsp3) is 0.400. The number of halogens is 2. The maximum atomic E-state index is 13.5. The van der Waals surface area contributed by atoms with Gasteiger partial charge < -0.3 is 9.64 Å². The van der Waals surface area contributed by atoms with Crippen molar-refractivity contribution in [2.45, 2.75) is 64.3 Å². The Bertz CT molecular complexity index is 1510. The lowest BCUT2D eigenvalue weighted by Gasteiger charge is -2.38. The molecule has 3 saturated heterocycles. The topological polar surface area (TPSA) is 75.9 Å². The van der Waals surface area contributed by atoms with E-state index < -0.39 is 6.61 Å². The van der Waals surface area contributed by atoms with E-state index in [1.54, 1.807) is 12.3 Å². The number of ether oxygens (including phenoxy) is 1. The number of pyridine rings is 1. The zero-order valence-corrected chi connectivity index (χ0v) is 22.6. The number of amides is 1. The number of hydrogen-bond acceptors (Lipinski definition) is 6. The first-order valence-electron chi connectivity index (χ1n) is 13.8. The number of carbonyl (C=O) groups excluding carboxylic acids is 1. The highest BCUT2D eigenvalue weighted by Gasteiger charge is 2.39. The SMILES string of the molecule is CC(C)c1ccc(-c2nc3ncccn3c2CN2CC3CCC2CCN3C(=O)c2cccc(OC(F)F)n2)cc1. The first-order valence-corrected chi connectivity index (χ1v) is 13.8. The molecule has 2 unspecified atom stereocenters. The van der Waals surface area contributed by atoms with Gasteiger partial charge in [-0.05, 0) is 42.9 Å². The first kappa shape index (κ1) is 26.3. The highest BCUT2D eigenvalue weighted by molar-refractivity contribution is 5.92. The Morgan fingerprint density at radius 1 is 1.02 bits per heavy atom. The Labute approximate surface area is 231 Å². The lowest BCUT2D eigenvalue weighted by Crippen LogP contribution is -2.48. The first-order chi connectivity index (χ1) is 19.4. The summed E-state index contributed by atoms with van der Waals surface area (Å²) >= 11 is 0. The summed E-state index contributed by atoms with van der Waals surface area (Å²) < 4.78 is 31.9. The van der Waals surface area contributed by atoms with Crippen LogP contribution in [0.5, 0.6) is 5.88 Å². The molecule has 0 saturated carbocycles. The quantitative estimate of drug-likeness (QED) is 0.309. The van der Waals surface area contributed by atoms with Crippen molar-refractivity contribution in [1.29, 1.82) is 0 Å². The molecule has 0 radical (unpaired) electrons. The molecule has 3 aliphatic heterocycles. The lowest BCUT2D eigenvalue weighted by molar-refractivity contribution is -0.0529. The molecule has 10 heteroatoms. The highest BCUT2D eigenvalue weighted by atomic mass is 19.3. The predicted octanol–water partition coefficient (Wildman–Crippen LogP) is 5.40. The van der Waals surface area contributed by atoms with Gasteiger partial charge in [0.25, 0.3) is 5.91 Å². The van der Waals surface area contributed by atoms with Crippen molar-refractivity contribution >= 4 is 11.7 Å². The molecule has 0 spiro atoms. The number of imidazole rings is 1. The van der Waals surface area contributed by atoms with Crippen LogP contribution in [-0.4, -0.2) is 66.8 Å². The molecular formula is C30H32F2N6O2. The molecule has 0 aliphatic carbocycles. The van der Waals surface area contributed by atoms with Gasteiger partial charge in [-0.2, -0.15) is 8.78 Å². The average molecular weight is 547 g/mol. The normalized spacial score (nSPS) is 19.5. The Morgan fingerprint density at radius 3 is 2.60 bits per heavy atom. The van der Waals surface area contributed by atoms with Crippen molar-refractivity contribution < 1.29 is 18.3 Å². The molecule has 2 atom stereocenters. The van der Waals surface area contributed by atoms with Crippen LogP contribution in [0.2, 0.25) is 0 Å². The molecule has 1 amide bonds. The molecule has 6 heterocycles. The Balaban J connectivity index is 1.26. The lowest BCUT2D eigenvalue weighted by atomic mass is 9.97. The number of carbonyl (C=O) groups is 1. The van der Waals surface area contributed by atoms with Crippen molar-refractivity contribution in [2.24, 2.45) is 0 Å². The van der Waals surface area contributed by atoms with Gasteiger partial charge in [0.15, 0.2) is 0 Å². The fourth-order valence-corrected chi connectivity index (χ4v) is 5.97. The number of benzene rings is 1. The van der Waals surface area contributed by atoms with Crippen molar-refractivity contribution in [3.05, 3.63) is 77.9 Å². The standard InChI is InChI=1S/C30H32F2N6O2/c1-19(2)20-7-9-21(10-8-20)27-25(38-15-4-14-33-30(38)35-27)18-36-17-23-12-11-22(36)13-16-37(23)28(39)24-5-3-6-26(34-24)40-29(31)32/h3-10,14-15,19,22-23,29H,11-13,16-18H2,1-2H3. The molecule has 2 bridgehead atoms. The second kappa shape index (κ2) is 10.9. The number of piperidine rings is 1. The summed E-state index contributed by atoms with van der Waals surface area (Å²) in [5, 5.41) is 0. The van der Waals surface area contributed by atoms with E-state index in [9.17, 15) is 13.6 Å². The monoisotopic (exact) mass is 546 g/mol. The molecule has 208 valence electrons. The number of rotatable bonds is 7. The van der Waals surface area contributed by atoms with Crippen molar-refractivity contribution in [1.82, 2.24) is 29.2 Å². The van der Waals surface area contributed by atoms with Gasteiger partial charge in [-0.1, -0.05) is 44.2 Å². The molecule has 3 aromatic heterocycles. The van der Waals surface area contributed by atoms with E-state index in [0.29, 0.717) is 37.4 Å². The second-order valence-corrected chi connectivity index (χ2v) is 10.8. The van der Waals surface area contributed by atoms with E-state index in [0.717, 1.165) is 36.2 Å². The van der Waals surface area contributed by atoms with E-state index >= 15 is 0 Å². The van der Waals surface area contributed by atoms with Crippen molar-refractivity contribution in [2.75, 3.05) is 13.1 Å². The van der Waals surface area contributed by atoms with Crippen LogP contribution in [-0.2, 0) is 6.54 Å². The Hall–Kier alpha value is -3.92. The molecule has 1 aromatic carbocycles. The summed E-state index contributed by atoms with van der Waals surface area (Å²) in [6, 6.07) is 15.2. The molecule has 3 fully saturated rings. The van der Waals surface area contributed by atoms with Gasteiger partial charge in [0, 0.05) is 55.7 Å². The molecule has 4 aromatic rings. The molecule has 0 N–H and O–H groups in total.